The number of ether oxygens (including phenoxy) is 1. The lowest BCUT2D eigenvalue weighted by Gasteiger charge is -2.44. The van der Waals surface area contributed by atoms with Crippen LogP contribution < -0.4 is 5.32 Å². The highest BCUT2D eigenvalue weighted by Gasteiger charge is 2.53. The van der Waals surface area contributed by atoms with E-state index >= 15 is 0 Å². The maximum Gasteiger partial charge on any atom is 0.411 e. The topological polar surface area (TPSA) is 102 Å². The first-order chi connectivity index (χ1) is 10.6. The van der Waals surface area contributed by atoms with Crippen molar-refractivity contribution in [2.75, 3.05) is 13.2 Å². The number of aliphatic hydroxyl groups is 3. The molecule has 22 heavy (non-hydrogen) atoms. The van der Waals surface area contributed by atoms with Gasteiger partial charge >= 0.3 is 6.09 Å². The lowest BCUT2D eigenvalue weighted by atomic mass is 9.92. The summed E-state index contributed by atoms with van der Waals surface area (Å²) in [6, 6.07) is -0.604. The molecule has 0 aromatic rings. The molecule has 0 radical (unpaired) electrons. The van der Waals surface area contributed by atoms with Crippen LogP contribution in [0, 0.1) is 0 Å². The molecule has 2 heterocycles. The molecule has 2 aliphatic rings. The van der Waals surface area contributed by atoms with Crippen molar-refractivity contribution >= 4 is 6.09 Å². The summed E-state index contributed by atoms with van der Waals surface area (Å²) in [6.45, 7) is 2.86. The zero-order valence-corrected chi connectivity index (χ0v) is 13.1. The maximum atomic E-state index is 11.8. The highest BCUT2D eigenvalue weighted by atomic mass is 16.6. The van der Waals surface area contributed by atoms with Gasteiger partial charge in [0.2, 0.25) is 0 Å². The number of cyclic esters (lactones) is 1. The third-order valence-electron chi connectivity index (χ3n) is 4.55. The van der Waals surface area contributed by atoms with Crippen LogP contribution in [0.15, 0.2) is 0 Å². The Morgan fingerprint density at radius 1 is 1.09 bits per heavy atom. The van der Waals surface area contributed by atoms with Crippen molar-refractivity contribution in [2.45, 2.75) is 76.0 Å². The molecule has 1 amide bonds. The van der Waals surface area contributed by atoms with Gasteiger partial charge in [-0.2, -0.15) is 0 Å². The molecule has 5 atom stereocenters. The van der Waals surface area contributed by atoms with Crippen LogP contribution in [0.2, 0.25) is 0 Å². The second-order valence-electron chi connectivity index (χ2n) is 6.19. The summed E-state index contributed by atoms with van der Waals surface area (Å²) < 4.78 is 4.93. The molecule has 4 N–H and O–H groups in total. The van der Waals surface area contributed by atoms with E-state index in [2.05, 4.69) is 12.2 Å². The molecule has 0 saturated carbocycles. The molecule has 0 aromatic heterocycles. The average molecular weight is 316 g/mol. The number of nitrogens with one attached hydrogen (secondary N) is 1. The van der Waals surface area contributed by atoms with E-state index in [4.69, 9.17) is 4.74 Å². The predicted octanol–water partition coefficient (Wildman–Crippen LogP) is 0.180. The van der Waals surface area contributed by atoms with Gasteiger partial charge < -0.3 is 20.1 Å². The van der Waals surface area contributed by atoms with E-state index in [1.807, 2.05) is 0 Å². The van der Waals surface area contributed by atoms with E-state index in [1.165, 1.54) is 30.6 Å². The Morgan fingerprint density at radius 2 is 1.77 bits per heavy atom. The zero-order valence-electron chi connectivity index (χ0n) is 13.1. The summed E-state index contributed by atoms with van der Waals surface area (Å²) in [5.41, 5.74) is 0. The fourth-order valence-electron chi connectivity index (χ4n) is 3.19. The smallest absolute Gasteiger partial charge is 0.411 e. The number of fused-ring (bicyclic) bond motifs is 1. The van der Waals surface area contributed by atoms with Gasteiger partial charge in [0.15, 0.2) is 0 Å². The van der Waals surface area contributed by atoms with Crippen LogP contribution >= 0.6 is 0 Å². The number of piperidine rings is 1. The minimum absolute atomic E-state index is 0.0407. The van der Waals surface area contributed by atoms with Crippen molar-refractivity contribution < 1.29 is 24.9 Å². The summed E-state index contributed by atoms with van der Waals surface area (Å²) in [5.74, 6) is 0. The Labute approximate surface area is 131 Å². The van der Waals surface area contributed by atoms with Crippen LogP contribution in [0.25, 0.3) is 0 Å². The van der Waals surface area contributed by atoms with Gasteiger partial charge in [-0.05, 0) is 13.0 Å². The molecular weight excluding hydrogens is 288 g/mol. The molecule has 7 nitrogen and oxygen atoms in total. The van der Waals surface area contributed by atoms with Gasteiger partial charge in [0.1, 0.15) is 31.1 Å². The fourth-order valence-corrected chi connectivity index (χ4v) is 3.19. The van der Waals surface area contributed by atoms with Gasteiger partial charge in [-0.15, -0.1) is 0 Å². The third kappa shape index (κ3) is 3.71. The van der Waals surface area contributed by atoms with Crippen LogP contribution in [0.3, 0.4) is 0 Å². The summed E-state index contributed by atoms with van der Waals surface area (Å²) in [7, 11) is 0. The Kier molecular flexibility index (Phi) is 6.43. The van der Waals surface area contributed by atoms with Gasteiger partial charge in [0.25, 0.3) is 0 Å². The summed E-state index contributed by atoms with van der Waals surface area (Å²) >= 11 is 0. The molecule has 7 heteroatoms. The van der Waals surface area contributed by atoms with E-state index < -0.39 is 36.6 Å². The number of aliphatic hydroxyl groups excluding tert-OH is 3. The minimum atomic E-state index is -1.28. The number of nitrogens with zero attached hydrogens (tertiary/aromatic N) is 1. The molecule has 0 aliphatic carbocycles. The quantitative estimate of drug-likeness (QED) is 0.477. The van der Waals surface area contributed by atoms with Crippen LogP contribution in [-0.4, -0.2) is 70.0 Å². The monoisotopic (exact) mass is 316 g/mol. The normalized spacial score (nSPS) is 34.6. The fraction of sp³-hybridized carbons (Fsp3) is 0.933. The molecule has 128 valence electrons. The highest BCUT2D eigenvalue weighted by Crippen LogP contribution is 2.28. The number of carbonyl (C=O) groups excluding carboxylic acids is 1. The zero-order chi connectivity index (χ0) is 16.1. The van der Waals surface area contributed by atoms with Crippen molar-refractivity contribution in [1.82, 2.24) is 10.2 Å². The first kappa shape index (κ1) is 17.5. The summed E-state index contributed by atoms with van der Waals surface area (Å²) in [6.07, 6.45) is 1.94. The predicted molar refractivity (Wildman–Crippen MR) is 80.2 cm³/mol. The minimum Gasteiger partial charge on any atom is -0.447 e. The number of amides is 1. The first-order valence-corrected chi connectivity index (χ1v) is 8.30. The molecule has 1 unspecified atom stereocenters. The van der Waals surface area contributed by atoms with E-state index in [0.717, 1.165) is 12.8 Å². The Morgan fingerprint density at radius 3 is 2.50 bits per heavy atom. The van der Waals surface area contributed by atoms with Crippen LogP contribution in [-0.2, 0) is 4.74 Å². The highest BCUT2D eigenvalue weighted by molar-refractivity contribution is 5.71. The van der Waals surface area contributed by atoms with E-state index in [-0.39, 0.29) is 6.61 Å². The van der Waals surface area contributed by atoms with Crippen molar-refractivity contribution in [3.63, 3.8) is 0 Å². The Hall–Kier alpha value is -0.890. The lowest BCUT2D eigenvalue weighted by molar-refractivity contribution is -0.148. The van der Waals surface area contributed by atoms with Crippen LogP contribution in [0.5, 0.6) is 0 Å². The lowest BCUT2D eigenvalue weighted by Crippen LogP contribution is -2.69. The first-order valence-electron chi connectivity index (χ1n) is 8.30. The van der Waals surface area contributed by atoms with Crippen molar-refractivity contribution in [1.29, 1.82) is 0 Å². The van der Waals surface area contributed by atoms with E-state index in [0.29, 0.717) is 6.54 Å². The number of hydrogen-bond acceptors (Lipinski definition) is 6. The number of carbonyl (C=O) groups is 1. The molecule has 2 aliphatic heterocycles. The molecule has 0 bridgehead atoms. The second kappa shape index (κ2) is 8.10. The summed E-state index contributed by atoms with van der Waals surface area (Å²) in [4.78, 5) is 13.1. The third-order valence-corrected chi connectivity index (χ3v) is 4.55. The van der Waals surface area contributed by atoms with Crippen LogP contribution in [0.1, 0.15) is 45.4 Å². The van der Waals surface area contributed by atoms with E-state index in [1.54, 1.807) is 0 Å². The standard InChI is InChI=1S/C15H28N2O5/c1-2-3-4-5-6-7-8-16-14-13(20)12(19)11(18)10-9-22-15(21)17(10)14/h10-14,16,18-20H,2-9H2,1H3/t10?,11-,12+,13-,14+/m1/s1. The SMILES string of the molecule is CCCCCCCCN[C@@H]1[C@H](O)[C@@H](O)[C@H](O)C2COC(=O)N21. The molecule has 2 saturated heterocycles. The largest absolute Gasteiger partial charge is 0.447 e. The van der Waals surface area contributed by atoms with Crippen molar-refractivity contribution in [3.05, 3.63) is 0 Å². The molecule has 0 aromatic carbocycles. The van der Waals surface area contributed by atoms with Crippen molar-refractivity contribution in [2.24, 2.45) is 0 Å². The van der Waals surface area contributed by atoms with E-state index in [9.17, 15) is 20.1 Å². The van der Waals surface area contributed by atoms with Crippen LogP contribution in [0.4, 0.5) is 4.79 Å². The maximum absolute atomic E-state index is 11.8. The van der Waals surface area contributed by atoms with Crippen molar-refractivity contribution in [3.8, 4) is 0 Å². The molecule has 0 spiro atoms. The van der Waals surface area contributed by atoms with Gasteiger partial charge in [-0.25, -0.2) is 4.79 Å². The number of rotatable bonds is 8. The number of unbranched alkanes of at least 4 members (excludes halogenated alkanes) is 5. The summed E-state index contributed by atoms with van der Waals surface area (Å²) in [5, 5.41) is 33.1. The van der Waals surface area contributed by atoms with Gasteiger partial charge in [-0.1, -0.05) is 39.0 Å². The van der Waals surface area contributed by atoms with Gasteiger partial charge in [0, 0.05) is 0 Å². The Bertz CT molecular complexity index is 368. The molecular formula is C15H28N2O5. The molecule has 2 rings (SSSR count). The molecule has 2 fully saturated rings. The van der Waals surface area contributed by atoms with Gasteiger partial charge in [-0.3, -0.25) is 10.2 Å². The van der Waals surface area contributed by atoms with Gasteiger partial charge in [0.05, 0.1) is 6.04 Å². The average Bonchev–Trinajstić information content (AvgIpc) is 2.89. The Balaban J connectivity index is 1.81. The number of hydrogen-bond donors (Lipinski definition) is 4. The second-order valence-corrected chi connectivity index (χ2v) is 6.19.